The van der Waals surface area contributed by atoms with Crippen LogP contribution in [0.5, 0.6) is 0 Å². The number of anilines is 1. The summed E-state index contributed by atoms with van der Waals surface area (Å²) in [5.74, 6) is 0.729. The predicted octanol–water partition coefficient (Wildman–Crippen LogP) is 2.77. The largest absolute Gasteiger partial charge is 0.387 e. The number of hydrogen-bond acceptors (Lipinski definition) is 3. The van der Waals surface area contributed by atoms with Crippen molar-refractivity contribution in [1.29, 1.82) is 0 Å². The molecule has 19 heavy (non-hydrogen) atoms. The molecule has 0 unspecified atom stereocenters. The predicted molar refractivity (Wildman–Crippen MR) is 77.3 cm³/mol. The summed E-state index contributed by atoms with van der Waals surface area (Å²) in [6.07, 6.45) is 6.70. The first-order valence-electron chi connectivity index (χ1n) is 7.06. The van der Waals surface area contributed by atoms with E-state index in [1.54, 1.807) is 12.4 Å². The van der Waals surface area contributed by atoms with Gasteiger partial charge in [0.25, 0.3) is 5.91 Å². The molecule has 1 saturated carbocycles. The normalized spacial score (nSPS) is 14.5. The fourth-order valence-corrected chi connectivity index (χ4v) is 2.17. The van der Waals surface area contributed by atoms with Gasteiger partial charge in [0, 0.05) is 37.7 Å². The summed E-state index contributed by atoms with van der Waals surface area (Å²) >= 11 is 0. The standard InChI is InChI=1S/C15H23N3O/c1-11(2)7-9-18(12-4-5-12)15(19)13-10-17-8-6-14(13)16-3/h6,8,10-12H,4-5,7,9H2,1-3H3,(H,16,17). The van der Waals surface area contributed by atoms with Crippen molar-refractivity contribution >= 4 is 11.6 Å². The van der Waals surface area contributed by atoms with Crippen LogP contribution in [0.2, 0.25) is 0 Å². The summed E-state index contributed by atoms with van der Waals surface area (Å²) < 4.78 is 0. The van der Waals surface area contributed by atoms with Crippen LogP contribution in [0.4, 0.5) is 5.69 Å². The molecule has 0 bridgehead atoms. The van der Waals surface area contributed by atoms with Gasteiger partial charge in [-0.25, -0.2) is 0 Å². The van der Waals surface area contributed by atoms with Crippen molar-refractivity contribution in [2.75, 3.05) is 18.9 Å². The van der Waals surface area contributed by atoms with E-state index in [9.17, 15) is 4.79 Å². The quantitative estimate of drug-likeness (QED) is 0.856. The molecule has 0 spiro atoms. The molecule has 1 heterocycles. The topological polar surface area (TPSA) is 45.2 Å². The average Bonchev–Trinajstić information content (AvgIpc) is 3.23. The minimum Gasteiger partial charge on any atom is -0.387 e. The number of aromatic nitrogens is 1. The van der Waals surface area contributed by atoms with Gasteiger partial charge in [-0.2, -0.15) is 0 Å². The molecule has 0 saturated heterocycles. The van der Waals surface area contributed by atoms with E-state index in [2.05, 4.69) is 24.1 Å². The smallest absolute Gasteiger partial charge is 0.257 e. The molecule has 1 aliphatic rings. The van der Waals surface area contributed by atoms with Gasteiger partial charge in [-0.15, -0.1) is 0 Å². The molecule has 0 atom stereocenters. The SMILES string of the molecule is CNc1ccncc1C(=O)N(CCC(C)C)C1CC1. The highest BCUT2D eigenvalue weighted by atomic mass is 16.2. The summed E-state index contributed by atoms with van der Waals surface area (Å²) in [5.41, 5.74) is 1.54. The molecule has 2 rings (SSSR count). The number of pyridine rings is 1. The molecule has 0 aliphatic heterocycles. The molecule has 1 aromatic rings. The van der Waals surface area contributed by atoms with Crippen molar-refractivity contribution in [2.45, 2.75) is 39.2 Å². The maximum absolute atomic E-state index is 12.7. The van der Waals surface area contributed by atoms with Crippen LogP contribution >= 0.6 is 0 Å². The number of carbonyl (C=O) groups excluding carboxylic acids is 1. The first-order chi connectivity index (χ1) is 9.13. The molecule has 4 nitrogen and oxygen atoms in total. The van der Waals surface area contributed by atoms with Crippen LogP contribution in [0, 0.1) is 5.92 Å². The van der Waals surface area contributed by atoms with Crippen LogP contribution < -0.4 is 5.32 Å². The average molecular weight is 261 g/mol. The minimum atomic E-state index is 0.112. The first-order valence-corrected chi connectivity index (χ1v) is 7.06. The lowest BCUT2D eigenvalue weighted by Crippen LogP contribution is -2.35. The van der Waals surface area contributed by atoms with E-state index < -0.39 is 0 Å². The van der Waals surface area contributed by atoms with Crippen LogP contribution in [0.25, 0.3) is 0 Å². The van der Waals surface area contributed by atoms with E-state index in [4.69, 9.17) is 0 Å². The number of hydrogen-bond donors (Lipinski definition) is 1. The molecular formula is C15H23N3O. The van der Waals surface area contributed by atoms with E-state index in [1.807, 2.05) is 18.0 Å². The van der Waals surface area contributed by atoms with Crippen LogP contribution in [0.3, 0.4) is 0 Å². The zero-order valence-electron chi connectivity index (χ0n) is 12.0. The summed E-state index contributed by atoms with van der Waals surface area (Å²) in [4.78, 5) is 18.8. The van der Waals surface area contributed by atoms with E-state index in [0.717, 1.165) is 31.5 Å². The Morgan fingerprint density at radius 3 is 2.84 bits per heavy atom. The van der Waals surface area contributed by atoms with E-state index in [1.165, 1.54) is 0 Å². The molecular weight excluding hydrogens is 238 g/mol. The van der Waals surface area contributed by atoms with Crippen molar-refractivity contribution < 1.29 is 4.79 Å². The number of nitrogens with one attached hydrogen (secondary N) is 1. The van der Waals surface area contributed by atoms with Gasteiger partial charge in [-0.3, -0.25) is 9.78 Å². The Bertz CT molecular complexity index is 441. The molecule has 1 fully saturated rings. The monoisotopic (exact) mass is 261 g/mol. The van der Waals surface area contributed by atoms with Crippen LogP contribution in [-0.2, 0) is 0 Å². The Kier molecular flexibility index (Phi) is 4.40. The third kappa shape index (κ3) is 3.46. The molecule has 1 aliphatic carbocycles. The summed E-state index contributed by atoms with van der Waals surface area (Å²) in [5, 5.41) is 3.07. The maximum Gasteiger partial charge on any atom is 0.257 e. The second-order valence-electron chi connectivity index (χ2n) is 5.58. The van der Waals surface area contributed by atoms with Gasteiger partial charge in [0.2, 0.25) is 0 Å². The van der Waals surface area contributed by atoms with Gasteiger partial charge in [0.1, 0.15) is 0 Å². The van der Waals surface area contributed by atoms with Crippen molar-refractivity contribution in [3.63, 3.8) is 0 Å². The van der Waals surface area contributed by atoms with E-state index in [-0.39, 0.29) is 5.91 Å². The third-order valence-electron chi connectivity index (χ3n) is 3.52. The molecule has 1 amide bonds. The number of nitrogens with zero attached hydrogens (tertiary/aromatic N) is 2. The Morgan fingerprint density at radius 1 is 1.53 bits per heavy atom. The van der Waals surface area contributed by atoms with Gasteiger partial charge in [0.15, 0.2) is 0 Å². The Hall–Kier alpha value is -1.58. The Labute approximate surface area is 115 Å². The van der Waals surface area contributed by atoms with Crippen LogP contribution in [0.15, 0.2) is 18.5 Å². The molecule has 4 heteroatoms. The zero-order valence-corrected chi connectivity index (χ0v) is 12.0. The highest BCUT2D eigenvalue weighted by Crippen LogP contribution is 2.30. The second-order valence-corrected chi connectivity index (χ2v) is 5.58. The number of carbonyl (C=O) groups is 1. The summed E-state index contributed by atoms with van der Waals surface area (Å²) in [6, 6.07) is 2.29. The fourth-order valence-electron chi connectivity index (χ4n) is 2.17. The Morgan fingerprint density at radius 2 is 2.26 bits per heavy atom. The Balaban J connectivity index is 2.14. The van der Waals surface area contributed by atoms with Gasteiger partial charge in [-0.1, -0.05) is 13.8 Å². The highest BCUT2D eigenvalue weighted by Gasteiger charge is 2.33. The zero-order chi connectivity index (χ0) is 13.8. The summed E-state index contributed by atoms with van der Waals surface area (Å²) in [7, 11) is 1.84. The third-order valence-corrected chi connectivity index (χ3v) is 3.52. The van der Waals surface area contributed by atoms with Gasteiger partial charge in [0.05, 0.1) is 5.56 Å². The van der Waals surface area contributed by atoms with Gasteiger partial charge >= 0.3 is 0 Å². The maximum atomic E-state index is 12.7. The lowest BCUT2D eigenvalue weighted by atomic mass is 10.1. The van der Waals surface area contributed by atoms with Gasteiger partial charge in [-0.05, 0) is 31.2 Å². The summed E-state index contributed by atoms with van der Waals surface area (Å²) in [6.45, 7) is 5.23. The van der Waals surface area contributed by atoms with Crippen molar-refractivity contribution in [3.05, 3.63) is 24.0 Å². The molecule has 104 valence electrons. The van der Waals surface area contributed by atoms with Crippen LogP contribution in [0.1, 0.15) is 43.5 Å². The minimum absolute atomic E-state index is 0.112. The molecule has 0 aromatic carbocycles. The van der Waals surface area contributed by atoms with Crippen molar-refractivity contribution in [3.8, 4) is 0 Å². The van der Waals surface area contributed by atoms with Crippen LogP contribution in [-0.4, -0.2) is 35.4 Å². The fraction of sp³-hybridized carbons (Fsp3) is 0.600. The van der Waals surface area contributed by atoms with E-state index >= 15 is 0 Å². The van der Waals surface area contributed by atoms with Gasteiger partial charge < -0.3 is 10.2 Å². The second kappa shape index (κ2) is 6.04. The molecule has 0 radical (unpaired) electrons. The number of rotatable bonds is 6. The molecule has 1 aromatic heterocycles. The van der Waals surface area contributed by atoms with Crippen molar-refractivity contribution in [2.24, 2.45) is 5.92 Å². The lowest BCUT2D eigenvalue weighted by Gasteiger charge is -2.24. The van der Waals surface area contributed by atoms with Crippen molar-refractivity contribution in [1.82, 2.24) is 9.88 Å². The number of amides is 1. The lowest BCUT2D eigenvalue weighted by molar-refractivity contribution is 0.0736. The first kappa shape index (κ1) is 13.8. The highest BCUT2D eigenvalue weighted by molar-refractivity contribution is 5.99. The molecule has 1 N–H and O–H groups in total. The van der Waals surface area contributed by atoms with E-state index in [0.29, 0.717) is 17.5 Å².